The van der Waals surface area contributed by atoms with Crippen LogP contribution in [0.2, 0.25) is 0 Å². The molecule has 0 saturated carbocycles. The summed E-state index contributed by atoms with van der Waals surface area (Å²) in [5.41, 5.74) is 1.21. The third kappa shape index (κ3) is 3.21. The van der Waals surface area contributed by atoms with Gasteiger partial charge in [-0.15, -0.1) is 0 Å². The number of anilines is 1. The van der Waals surface area contributed by atoms with Crippen molar-refractivity contribution < 1.29 is 0 Å². The molecule has 1 aromatic heterocycles. The van der Waals surface area contributed by atoms with Gasteiger partial charge in [0.2, 0.25) is 7.41 Å². The van der Waals surface area contributed by atoms with E-state index in [4.69, 9.17) is 4.98 Å². The van der Waals surface area contributed by atoms with E-state index in [-0.39, 0.29) is 0 Å². The van der Waals surface area contributed by atoms with Crippen LogP contribution in [0.15, 0.2) is 109 Å². The highest BCUT2D eigenvalue weighted by atomic mass is 31.2. The van der Waals surface area contributed by atoms with E-state index in [1.54, 1.807) is 0 Å². The lowest BCUT2D eigenvalue weighted by Gasteiger charge is -2.35. The van der Waals surface area contributed by atoms with Crippen molar-refractivity contribution in [3.63, 3.8) is 0 Å². The molecule has 0 aliphatic carbocycles. The van der Waals surface area contributed by atoms with Crippen LogP contribution in [-0.4, -0.2) is 12.0 Å². The molecule has 0 amide bonds. The molecule has 0 radical (unpaired) electrons. The van der Waals surface area contributed by atoms with Gasteiger partial charge in [-0.05, 0) is 61.0 Å². The third-order valence-electron chi connectivity index (χ3n) is 5.07. The van der Waals surface area contributed by atoms with Crippen LogP contribution < -0.4 is 20.6 Å². The standard InChI is InChI=1S/C25H24N2P/c1-21-18-19-26-25(20-21)27(2)28(22-12-6-3-7-13-22,23-14-8-4-9-15-23)24-16-10-5-11-17-24/h3-20H,1-2H3/q+1. The maximum absolute atomic E-state index is 4.74. The summed E-state index contributed by atoms with van der Waals surface area (Å²) in [5, 5.41) is 3.95. The molecule has 0 bridgehead atoms. The second-order valence-corrected chi connectivity index (χ2v) is 10.3. The molecule has 3 heteroatoms. The minimum absolute atomic E-state index is 0.991. The number of hydrogen-bond donors (Lipinski definition) is 0. The topological polar surface area (TPSA) is 16.1 Å². The van der Waals surface area contributed by atoms with E-state index in [9.17, 15) is 0 Å². The molecule has 2 nitrogen and oxygen atoms in total. The average molecular weight is 383 g/mol. The third-order valence-corrected chi connectivity index (χ3v) is 9.31. The van der Waals surface area contributed by atoms with Crippen molar-refractivity contribution in [2.45, 2.75) is 6.92 Å². The highest BCUT2D eigenvalue weighted by Crippen LogP contribution is 2.58. The molecule has 1 heterocycles. The molecule has 0 spiro atoms. The highest BCUT2D eigenvalue weighted by molar-refractivity contribution is 7.96. The van der Waals surface area contributed by atoms with Crippen molar-refractivity contribution in [1.29, 1.82) is 0 Å². The number of aryl methyl sites for hydroxylation is 1. The van der Waals surface area contributed by atoms with Gasteiger partial charge in [0, 0.05) is 13.2 Å². The Morgan fingerprint density at radius 2 is 1.07 bits per heavy atom. The van der Waals surface area contributed by atoms with Crippen LogP contribution >= 0.6 is 7.41 Å². The molecule has 0 N–H and O–H groups in total. The summed E-state index contributed by atoms with van der Waals surface area (Å²) in [4.78, 5) is 4.74. The molecule has 0 aliphatic heterocycles. The second-order valence-electron chi connectivity index (χ2n) is 6.86. The Balaban J connectivity index is 2.07. The van der Waals surface area contributed by atoms with E-state index in [0.717, 1.165) is 5.82 Å². The van der Waals surface area contributed by atoms with Gasteiger partial charge in [0.15, 0.2) is 5.82 Å². The summed E-state index contributed by atoms with van der Waals surface area (Å²) in [6.45, 7) is 2.12. The minimum atomic E-state index is -2.12. The largest absolute Gasteiger partial charge is 0.236 e. The predicted octanol–water partition coefficient (Wildman–Crippen LogP) is 4.74. The van der Waals surface area contributed by atoms with Crippen LogP contribution in [-0.2, 0) is 0 Å². The van der Waals surface area contributed by atoms with Crippen molar-refractivity contribution in [2.75, 3.05) is 11.7 Å². The predicted molar refractivity (Wildman–Crippen MR) is 123 cm³/mol. The zero-order valence-corrected chi connectivity index (χ0v) is 17.1. The van der Waals surface area contributed by atoms with Crippen LogP contribution in [0.25, 0.3) is 0 Å². The van der Waals surface area contributed by atoms with Crippen LogP contribution in [0.3, 0.4) is 0 Å². The maximum atomic E-state index is 4.74. The normalized spacial score (nSPS) is 11.2. The van der Waals surface area contributed by atoms with E-state index >= 15 is 0 Å². The Morgan fingerprint density at radius 3 is 1.46 bits per heavy atom. The van der Waals surface area contributed by atoms with E-state index in [0.29, 0.717) is 0 Å². The number of rotatable bonds is 5. The first-order valence-electron chi connectivity index (χ1n) is 9.45. The summed E-state index contributed by atoms with van der Waals surface area (Å²) >= 11 is 0. The van der Waals surface area contributed by atoms with Gasteiger partial charge in [-0.25, -0.2) is 9.65 Å². The Hall–Kier alpha value is -2.96. The molecule has 0 fully saturated rings. The molecule has 0 unspecified atom stereocenters. The molecular weight excluding hydrogens is 359 g/mol. The van der Waals surface area contributed by atoms with Crippen LogP contribution in [0.5, 0.6) is 0 Å². The van der Waals surface area contributed by atoms with Gasteiger partial charge in [-0.1, -0.05) is 54.6 Å². The van der Waals surface area contributed by atoms with Gasteiger partial charge in [-0.2, -0.15) is 0 Å². The fourth-order valence-corrected chi connectivity index (χ4v) is 7.91. The van der Waals surface area contributed by atoms with Gasteiger partial charge < -0.3 is 0 Å². The Bertz CT molecular complexity index is 937. The van der Waals surface area contributed by atoms with Gasteiger partial charge in [0.25, 0.3) is 0 Å². The lowest BCUT2D eigenvalue weighted by Crippen LogP contribution is -2.42. The quantitative estimate of drug-likeness (QED) is 0.463. The zero-order valence-electron chi connectivity index (χ0n) is 16.2. The lowest BCUT2D eigenvalue weighted by molar-refractivity contribution is 1.18. The summed E-state index contributed by atoms with van der Waals surface area (Å²) in [6, 6.07) is 36.8. The number of aromatic nitrogens is 1. The fourth-order valence-electron chi connectivity index (χ4n) is 3.75. The fraction of sp³-hybridized carbons (Fsp3) is 0.0800. The highest BCUT2D eigenvalue weighted by Gasteiger charge is 2.50. The summed E-state index contributed by atoms with van der Waals surface area (Å²) < 4.78 is 2.40. The van der Waals surface area contributed by atoms with Crippen LogP contribution in [0.1, 0.15) is 5.56 Å². The van der Waals surface area contributed by atoms with Crippen molar-refractivity contribution in [3.05, 3.63) is 115 Å². The molecule has 138 valence electrons. The first kappa shape index (κ1) is 18.4. The SMILES string of the molecule is Cc1ccnc(N(C)[P+](c2ccccc2)(c2ccccc2)c2ccccc2)c1. The van der Waals surface area contributed by atoms with E-state index in [2.05, 4.69) is 116 Å². The number of nitrogens with zero attached hydrogens (tertiary/aromatic N) is 2. The second kappa shape index (κ2) is 7.96. The summed E-state index contributed by atoms with van der Waals surface area (Å²) in [5.74, 6) is 0.991. The maximum Gasteiger partial charge on any atom is 0.203 e. The summed E-state index contributed by atoms with van der Waals surface area (Å²) in [6.07, 6.45) is 1.90. The van der Waals surface area contributed by atoms with Crippen molar-refractivity contribution in [1.82, 2.24) is 4.98 Å². The molecule has 4 rings (SSSR count). The molecular formula is C25H24N2P+. The van der Waals surface area contributed by atoms with Crippen LogP contribution in [0, 0.1) is 6.92 Å². The molecule has 0 aliphatic rings. The number of hydrogen-bond acceptors (Lipinski definition) is 2. The summed E-state index contributed by atoms with van der Waals surface area (Å²) in [7, 11) is 0.0679. The van der Waals surface area contributed by atoms with Gasteiger partial charge in [0.05, 0.1) is 0 Å². The van der Waals surface area contributed by atoms with E-state index in [1.807, 2.05) is 12.3 Å². The first-order valence-corrected chi connectivity index (χ1v) is 11.2. The van der Waals surface area contributed by atoms with Gasteiger partial charge in [0.1, 0.15) is 15.9 Å². The van der Waals surface area contributed by atoms with Crippen molar-refractivity contribution in [2.24, 2.45) is 0 Å². The minimum Gasteiger partial charge on any atom is -0.236 e. The Kier molecular flexibility index (Phi) is 5.23. The Labute approximate surface area is 167 Å². The monoisotopic (exact) mass is 383 g/mol. The van der Waals surface area contributed by atoms with Gasteiger partial charge >= 0.3 is 0 Å². The number of pyridine rings is 1. The lowest BCUT2D eigenvalue weighted by atomic mass is 10.3. The smallest absolute Gasteiger partial charge is 0.203 e. The Morgan fingerprint density at radius 1 is 0.643 bits per heavy atom. The van der Waals surface area contributed by atoms with Crippen molar-refractivity contribution in [3.8, 4) is 0 Å². The zero-order chi connectivity index (χ0) is 19.4. The average Bonchev–Trinajstić information content (AvgIpc) is 2.76. The number of benzene rings is 3. The molecule has 3 aromatic carbocycles. The van der Waals surface area contributed by atoms with E-state index in [1.165, 1.54) is 21.5 Å². The van der Waals surface area contributed by atoms with Crippen molar-refractivity contribution >= 4 is 29.1 Å². The van der Waals surface area contributed by atoms with E-state index < -0.39 is 7.41 Å². The molecule has 28 heavy (non-hydrogen) atoms. The van der Waals surface area contributed by atoms with Crippen LogP contribution in [0.4, 0.5) is 5.82 Å². The molecule has 0 saturated heterocycles. The molecule has 0 atom stereocenters. The molecule has 4 aromatic rings. The van der Waals surface area contributed by atoms with Gasteiger partial charge in [-0.3, -0.25) is 0 Å². The first-order chi connectivity index (χ1) is 13.7.